The van der Waals surface area contributed by atoms with Gasteiger partial charge in [-0.1, -0.05) is 38.1 Å². The van der Waals surface area contributed by atoms with Crippen molar-refractivity contribution in [2.24, 2.45) is 0 Å². The van der Waals surface area contributed by atoms with E-state index < -0.39 is 23.8 Å². The second-order valence-electron chi connectivity index (χ2n) is 9.75. The number of hydrogen-bond acceptors (Lipinski definition) is 7. The molecule has 0 saturated heterocycles. The van der Waals surface area contributed by atoms with Gasteiger partial charge in [0.05, 0.1) is 22.3 Å². The van der Waals surface area contributed by atoms with Gasteiger partial charge in [-0.15, -0.1) is 0 Å². The molecule has 0 unspecified atom stereocenters. The number of carbonyl (C=O) groups is 4. The minimum Gasteiger partial charge on any atom is -0.457 e. The molecule has 0 radical (unpaired) electrons. The minimum absolute atomic E-state index is 0.194. The van der Waals surface area contributed by atoms with E-state index in [4.69, 9.17) is 9.47 Å². The Morgan fingerprint density at radius 2 is 0.974 bits per heavy atom. The first-order valence-corrected chi connectivity index (χ1v) is 12.2. The van der Waals surface area contributed by atoms with Crippen LogP contribution in [0.2, 0.25) is 0 Å². The van der Waals surface area contributed by atoms with Gasteiger partial charge >= 0.3 is 11.9 Å². The molecule has 0 bridgehead atoms. The maximum atomic E-state index is 11.9. The highest BCUT2D eigenvalue weighted by Gasteiger charge is 2.30. The van der Waals surface area contributed by atoms with Gasteiger partial charge in [0.2, 0.25) is 0 Å². The lowest BCUT2D eigenvalue weighted by Gasteiger charge is -2.26. The Morgan fingerprint density at radius 3 is 1.54 bits per heavy atom. The van der Waals surface area contributed by atoms with Gasteiger partial charge in [-0.2, -0.15) is 0 Å². The summed E-state index contributed by atoms with van der Waals surface area (Å²) in [6.45, 7) is 4.22. The molecule has 6 rings (SSSR count). The number of cyclic esters (lactones) is 2. The van der Waals surface area contributed by atoms with Crippen LogP contribution in [0.5, 0.6) is 23.0 Å². The largest absolute Gasteiger partial charge is 0.457 e. The predicted octanol–water partition coefficient (Wildman–Crippen LogP) is 5.79. The van der Waals surface area contributed by atoms with E-state index in [0.29, 0.717) is 34.1 Å². The molecule has 0 aliphatic carbocycles. The number of nitrogens with one attached hydrogen (secondary N) is 1. The summed E-state index contributed by atoms with van der Waals surface area (Å²) in [6.07, 6.45) is 0. The summed E-state index contributed by atoms with van der Waals surface area (Å²) in [5.41, 5.74) is 2.85. The zero-order chi connectivity index (χ0) is 27.3. The maximum absolute atomic E-state index is 11.9. The van der Waals surface area contributed by atoms with E-state index in [2.05, 4.69) is 23.9 Å². The van der Waals surface area contributed by atoms with Crippen molar-refractivity contribution >= 4 is 23.8 Å². The molecule has 2 heterocycles. The van der Waals surface area contributed by atoms with Crippen molar-refractivity contribution in [1.82, 2.24) is 5.32 Å². The van der Waals surface area contributed by atoms with E-state index in [1.54, 1.807) is 24.3 Å². The Balaban J connectivity index is 1.15. The number of fused-ring (bicyclic) bond motifs is 2. The molecule has 2 aliphatic rings. The number of amides is 2. The maximum Gasteiger partial charge on any atom is 0.347 e. The highest BCUT2D eigenvalue weighted by Crippen LogP contribution is 2.35. The van der Waals surface area contributed by atoms with Crippen LogP contribution in [0.25, 0.3) is 0 Å². The Labute approximate surface area is 223 Å². The number of hydrogen-bond donors (Lipinski definition) is 1. The summed E-state index contributed by atoms with van der Waals surface area (Å²) in [6, 6.07) is 24.8. The zero-order valence-electron chi connectivity index (χ0n) is 20.9. The van der Waals surface area contributed by atoms with Crippen LogP contribution in [0.1, 0.15) is 66.4 Å². The fraction of sp³-hybridized carbons (Fsp3) is 0.0968. The molecule has 4 aromatic carbocycles. The van der Waals surface area contributed by atoms with Crippen molar-refractivity contribution in [1.29, 1.82) is 0 Å². The second kappa shape index (κ2) is 8.95. The number of rotatable bonds is 6. The van der Waals surface area contributed by atoms with Gasteiger partial charge in [-0.3, -0.25) is 14.9 Å². The molecular formula is C31H21NO7. The topological polar surface area (TPSA) is 108 Å². The lowest BCUT2D eigenvalue weighted by atomic mass is 9.78. The summed E-state index contributed by atoms with van der Waals surface area (Å²) in [5, 5.41) is 2.27. The summed E-state index contributed by atoms with van der Waals surface area (Å²) in [7, 11) is 0. The molecule has 0 atom stereocenters. The van der Waals surface area contributed by atoms with E-state index in [9.17, 15) is 19.2 Å². The smallest absolute Gasteiger partial charge is 0.347 e. The van der Waals surface area contributed by atoms with Gasteiger partial charge in [0.15, 0.2) is 0 Å². The first-order chi connectivity index (χ1) is 18.7. The molecule has 8 heteroatoms. The number of ether oxygens (including phenoxy) is 3. The third-order valence-electron chi connectivity index (χ3n) is 6.95. The molecule has 2 aliphatic heterocycles. The van der Waals surface area contributed by atoms with E-state index in [-0.39, 0.29) is 16.5 Å². The molecule has 2 amide bonds. The highest BCUT2D eigenvalue weighted by atomic mass is 16.6. The Morgan fingerprint density at radius 1 is 0.538 bits per heavy atom. The average Bonchev–Trinajstić information content (AvgIpc) is 3.37. The highest BCUT2D eigenvalue weighted by molar-refractivity contribution is 6.21. The van der Waals surface area contributed by atoms with Gasteiger partial charge in [0, 0.05) is 5.41 Å². The van der Waals surface area contributed by atoms with Gasteiger partial charge in [-0.25, -0.2) is 9.59 Å². The molecular weight excluding hydrogens is 498 g/mol. The summed E-state index contributed by atoms with van der Waals surface area (Å²) < 4.78 is 16.4. The second-order valence-corrected chi connectivity index (χ2v) is 9.75. The Bertz CT molecular complexity index is 1560. The third kappa shape index (κ3) is 4.31. The van der Waals surface area contributed by atoms with Crippen LogP contribution in [0.15, 0.2) is 84.9 Å². The number of imide groups is 1. The summed E-state index contributed by atoms with van der Waals surface area (Å²) >= 11 is 0. The molecule has 1 N–H and O–H groups in total. The number of esters is 2. The first kappa shape index (κ1) is 24.1. The number of benzene rings is 4. The lowest BCUT2D eigenvalue weighted by molar-refractivity contribution is 0.0443. The third-order valence-corrected chi connectivity index (χ3v) is 6.95. The monoisotopic (exact) mass is 519 g/mol. The Kier molecular flexibility index (Phi) is 5.54. The van der Waals surface area contributed by atoms with Gasteiger partial charge in [0.25, 0.3) is 11.8 Å². The fourth-order valence-corrected chi connectivity index (χ4v) is 4.66. The van der Waals surface area contributed by atoms with Gasteiger partial charge in [-0.05, 0) is 71.8 Å². The molecule has 192 valence electrons. The van der Waals surface area contributed by atoms with Crippen LogP contribution in [-0.2, 0) is 10.2 Å². The van der Waals surface area contributed by atoms with E-state index in [0.717, 1.165) is 11.1 Å². The molecule has 39 heavy (non-hydrogen) atoms. The zero-order valence-corrected chi connectivity index (χ0v) is 20.9. The average molecular weight is 520 g/mol. The van der Waals surface area contributed by atoms with Gasteiger partial charge in [0.1, 0.15) is 23.0 Å². The molecule has 0 fully saturated rings. The van der Waals surface area contributed by atoms with Crippen molar-refractivity contribution in [3.63, 3.8) is 0 Å². The SMILES string of the molecule is CC(C)(c1ccc(Oc2ccc3c(c2)C(=O)NC3=O)cc1)c1ccc(Oc2ccc3c(c2)C(=O)OC3=O)cc1. The van der Waals surface area contributed by atoms with Crippen LogP contribution in [0.4, 0.5) is 0 Å². The molecule has 0 saturated carbocycles. The number of carbonyl (C=O) groups excluding carboxylic acids is 4. The summed E-state index contributed by atoms with van der Waals surface area (Å²) in [5.74, 6) is -0.0780. The van der Waals surface area contributed by atoms with Crippen LogP contribution < -0.4 is 14.8 Å². The van der Waals surface area contributed by atoms with Crippen molar-refractivity contribution < 1.29 is 33.4 Å². The Hall–Kier alpha value is -5.24. The summed E-state index contributed by atoms with van der Waals surface area (Å²) in [4.78, 5) is 47.1. The van der Waals surface area contributed by atoms with Crippen molar-refractivity contribution in [2.45, 2.75) is 19.3 Å². The van der Waals surface area contributed by atoms with Crippen molar-refractivity contribution in [2.75, 3.05) is 0 Å². The van der Waals surface area contributed by atoms with Crippen molar-refractivity contribution in [3.05, 3.63) is 118 Å². The standard InChI is InChI=1S/C31H21NO7/c1-31(2,17-3-7-19(8-4-17)37-21-11-13-23-25(15-21)28(34)32-27(23)33)18-5-9-20(10-6-18)38-22-12-14-24-26(16-22)30(36)39-29(24)35/h3-16H,1-2H3,(H,32,33,34). The molecule has 0 aromatic heterocycles. The van der Waals surface area contributed by atoms with E-state index in [1.165, 1.54) is 12.1 Å². The van der Waals surface area contributed by atoms with Crippen LogP contribution in [0.3, 0.4) is 0 Å². The van der Waals surface area contributed by atoms with E-state index in [1.807, 2.05) is 48.5 Å². The van der Waals surface area contributed by atoms with Crippen molar-refractivity contribution in [3.8, 4) is 23.0 Å². The predicted molar refractivity (Wildman–Crippen MR) is 140 cm³/mol. The van der Waals surface area contributed by atoms with Crippen LogP contribution in [-0.4, -0.2) is 23.8 Å². The van der Waals surface area contributed by atoms with Crippen LogP contribution in [0, 0.1) is 0 Å². The normalized spacial score (nSPS) is 14.0. The van der Waals surface area contributed by atoms with E-state index >= 15 is 0 Å². The molecule has 8 nitrogen and oxygen atoms in total. The lowest BCUT2D eigenvalue weighted by Crippen LogP contribution is -2.19. The fourth-order valence-electron chi connectivity index (χ4n) is 4.66. The minimum atomic E-state index is -0.676. The quantitative estimate of drug-likeness (QED) is 0.195. The first-order valence-electron chi connectivity index (χ1n) is 12.2. The van der Waals surface area contributed by atoms with Gasteiger partial charge < -0.3 is 14.2 Å². The van der Waals surface area contributed by atoms with Crippen LogP contribution >= 0.6 is 0 Å². The molecule has 0 spiro atoms. The molecule has 4 aromatic rings.